The maximum absolute atomic E-state index is 13.7. The average Bonchev–Trinajstić information content (AvgIpc) is 2.23. The summed E-state index contributed by atoms with van der Waals surface area (Å²) in [7, 11) is 1.99. The number of halogens is 2. The fourth-order valence-electron chi connectivity index (χ4n) is 2.77. The molecular weight excluding hydrogens is 269 g/mol. The fourth-order valence-corrected chi connectivity index (χ4v) is 3.14. The zero-order valence-electron chi connectivity index (χ0n) is 9.63. The van der Waals surface area contributed by atoms with Gasteiger partial charge in [0.25, 0.3) is 0 Å². The highest BCUT2D eigenvalue weighted by atomic mass is 79.9. The highest BCUT2D eigenvalue weighted by molar-refractivity contribution is 9.10. The molecule has 0 bridgehead atoms. The van der Waals surface area contributed by atoms with E-state index in [0.29, 0.717) is 17.9 Å². The van der Waals surface area contributed by atoms with Crippen LogP contribution in [0, 0.1) is 11.7 Å². The lowest BCUT2D eigenvalue weighted by Gasteiger charge is -2.45. The van der Waals surface area contributed by atoms with Crippen molar-refractivity contribution in [2.45, 2.75) is 31.7 Å². The van der Waals surface area contributed by atoms with Crippen LogP contribution < -0.4 is 5.32 Å². The number of hydrogen-bond donors (Lipinski definition) is 1. The third kappa shape index (κ3) is 2.03. The van der Waals surface area contributed by atoms with E-state index in [1.165, 1.54) is 0 Å². The van der Waals surface area contributed by atoms with Crippen molar-refractivity contribution in [1.29, 1.82) is 0 Å². The average molecular weight is 286 g/mol. The number of hydrogen-bond acceptors (Lipinski definition) is 1. The van der Waals surface area contributed by atoms with Gasteiger partial charge in [-0.15, -0.1) is 0 Å². The van der Waals surface area contributed by atoms with Crippen LogP contribution in [0.4, 0.5) is 4.39 Å². The zero-order valence-corrected chi connectivity index (χ0v) is 11.2. The van der Waals surface area contributed by atoms with Gasteiger partial charge in [0.15, 0.2) is 0 Å². The van der Waals surface area contributed by atoms with E-state index in [1.807, 2.05) is 13.1 Å². The Kier molecular flexibility index (Phi) is 3.65. The van der Waals surface area contributed by atoms with Crippen LogP contribution in [0.25, 0.3) is 0 Å². The van der Waals surface area contributed by atoms with Crippen LogP contribution in [0.1, 0.15) is 31.2 Å². The minimum Gasteiger partial charge on any atom is -0.317 e. The Labute approximate surface area is 105 Å². The molecule has 1 nitrogen and oxygen atoms in total. The van der Waals surface area contributed by atoms with Gasteiger partial charge in [0.2, 0.25) is 0 Å². The normalized spacial score (nSPS) is 28.9. The molecule has 1 saturated carbocycles. The lowest BCUT2D eigenvalue weighted by atomic mass is 9.65. The summed E-state index contributed by atoms with van der Waals surface area (Å²) in [4.78, 5) is 0. The van der Waals surface area contributed by atoms with E-state index < -0.39 is 0 Å². The van der Waals surface area contributed by atoms with Crippen LogP contribution in [0.15, 0.2) is 22.7 Å². The van der Waals surface area contributed by atoms with E-state index in [1.54, 1.807) is 12.1 Å². The van der Waals surface area contributed by atoms with Gasteiger partial charge in [-0.2, -0.15) is 0 Å². The molecule has 0 aliphatic heterocycles. The van der Waals surface area contributed by atoms with E-state index in [4.69, 9.17) is 0 Å². The van der Waals surface area contributed by atoms with Gasteiger partial charge in [0, 0.05) is 10.5 Å². The highest BCUT2D eigenvalue weighted by Gasteiger charge is 2.40. The number of rotatable bonds is 3. The van der Waals surface area contributed by atoms with Crippen LogP contribution in [0.2, 0.25) is 0 Å². The van der Waals surface area contributed by atoms with Gasteiger partial charge >= 0.3 is 0 Å². The summed E-state index contributed by atoms with van der Waals surface area (Å²) in [6.07, 6.45) is 2.14. The molecular formula is C13H17BrFN. The summed E-state index contributed by atoms with van der Waals surface area (Å²) in [6, 6.07) is 5.79. The first-order valence-electron chi connectivity index (χ1n) is 5.79. The van der Waals surface area contributed by atoms with Gasteiger partial charge in [0.1, 0.15) is 5.82 Å². The Balaban J connectivity index is 2.22. The van der Waals surface area contributed by atoms with Crippen molar-refractivity contribution >= 4 is 15.9 Å². The molecule has 1 N–H and O–H groups in total. The van der Waals surface area contributed by atoms with Crippen LogP contribution >= 0.6 is 15.9 Å². The highest BCUT2D eigenvalue weighted by Crippen LogP contribution is 2.45. The summed E-state index contributed by atoms with van der Waals surface area (Å²) in [5.41, 5.74) is 0.868. The molecule has 88 valence electrons. The quantitative estimate of drug-likeness (QED) is 0.893. The molecule has 1 aliphatic rings. The van der Waals surface area contributed by atoms with Crippen molar-refractivity contribution in [3.8, 4) is 0 Å². The summed E-state index contributed by atoms with van der Waals surface area (Å²) < 4.78 is 14.7. The van der Waals surface area contributed by atoms with Gasteiger partial charge in [-0.25, -0.2) is 4.39 Å². The smallest absolute Gasteiger partial charge is 0.126 e. The molecule has 0 aromatic heterocycles. The number of benzene rings is 1. The first-order chi connectivity index (χ1) is 7.67. The van der Waals surface area contributed by atoms with E-state index in [0.717, 1.165) is 22.9 Å². The topological polar surface area (TPSA) is 12.0 Å². The fraction of sp³-hybridized carbons (Fsp3) is 0.538. The van der Waals surface area contributed by atoms with Crippen LogP contribution in [0.3, 0.4) is 0 Å². The number of nitrogens with one attached hydrogen (secondary N) is 1. The molecule has 1 aromatic rings. The van der Waals surface area contributed by atoms with Gasteiger partial charge < -0.3 is 5.32 Å². The second kappa shape index (κ2) is 4.84. The summed E-state index contributed by atoms with van der Waals surface area (Å²) in [5, 5.41) is 3.30. The van der Waals surface area contributed by atoms with Gasteiger partial charge in [0.05, 0.1) is 0 Å². The molecule has 3 unspecified atom stereocenters. The third-order valence-electron chi connectivity index (χ3n) is 3.74. The SMILES string of the molecule is CCC1C(NC)CC1c1cc(Br)ccc1F. The molecule has 16 heavy (non-hydrogen) atoms. The monoisotopic (exact) mass is 285 g/mol. The molecule has 1 aliphatic carbocycles. The van der Waals surface area contributed by atoms with Gasteiger partial charge in [-0.3, -0.25) is 0 Å². The van der Waals surface area contributed by atoms with E-state index in [9.17, 15) is 4.39 Å². The maximum Gasteiger partial charge on any atom is 0.126 e. The minimum absolute atomic E-state index is 0.0683. The molecule has 0 saturated heterocycles. The molecule has 0 radical (unpaired) electrons. The molecule has 0 spiro atoms. The first-order valence-corrected chi connectivity index (χ1v) is 6.58. The second-order valence-electron chi connectivity index (χ2n) is 4.48. The predicted molar refractivity (Wildman–Crippen MR) is 68.1 cm³/mol. The van der Waals surface area contributed by atoms with Crippen molar-refractivity contribution in [3.63, 3.8) is 0 Å². The largest absolute Gasteiger partial charge is 0.317 e. The Hall–Kier alpha value is -0.410. The Morgan fingerprint density at radius 2 is 2.25 bits per heavy atom. The molecule has 1 fully saturated rings. The van der Waals surface area contributed by atoms with Crippen molar-refractivity contribution in [1.82, 2.24) is 5.32 Å². The lowest BCUT2D eigenvalue weighted by Crippen LogP contribution is -2.47. The van der Waals surface area contributed by atoms with E-state index in [-0.39, 0.29) is 5.82 Å². The zero-order chi connectivity index (χ0) is 11.7. The standard InChI is InChI=1S/C13H17BrFN/c1-3-9-10(7-13(9)16-2)11-6-8(14)4-5-12(11)15/h4-6,9-10,13,16H,3,7H2,1-2H3. The molecule has 1 aromatic carbocycles. The van der Waals surface area contributed by atoms with Crippen molar-refractivity contribution < 1.29 is 4.39 Å². The predicted octanol–water partition coefficient (Wildman–Crippen LogP) is 3.69. The van der Waals surface area contributed by atoms with Gasteiger partial charge in [-0.05, 0) is 49.1 Å². The molecule has 3 heteroatoms. The molecule has 2 rings (SSSR count). The summed E-state index contributed by atoms with van der Waals surface area (Å²) >= 11 is 3.41. The third-order valence-corrected chi connectivity index (χ3v) is 4.23. The molecule has 0 amide bonds. The van der Waals surface area contributed by atoms with Crippen molar-refractivity contribution in [3.05, 3.63) is 34.1 Å². The summed E-state index contributed by atoms with van der Waals surface area (Å²) in [6.45, 7) is 2.18. The molecule has 0 heterocycles. The minimum atomic E-state index is -0.0683. The summed E-state index contributed by atoms with van der Waals surface area (Å²) in [5.74, 6) is 0.870. The Morgan fingerprint density at radius 3 is 2.88 bits per heavy atom. The van der Waals surface area contributed by atoms with Crippen molar-refractivity contribution in [2.24, 2.45) is 5.92 Å². The van der Waals surface area contributed by atoms with Crippen LogP contribution in [-0.4, -0.2) is 13.1 Å². The van der Waals surface area contributed by atoms with Crippen LogP contribution in [0.5, 0.6) is 0 Å². The van der Waals surface area contributed by atoms with E-state index >= 15 is 0 Å². The molecule has 3 atom stereocenters. The van der Waals surface area contributed by atoms with Crippen molar-refractivity contribution in [2.75, 3.05) is 7.05 Å². The Bertz CT molecular complexity index is 380. The Morgan fingerprint density at radius 1 is 1.50 bits per heavy atom. The van der Waals surface area contributed by atoms with E-state index in [2.05, 4.69) is 28.2 Å². The van der Waals surface area contributed by atoms with Gasteiger partial charge in [-0.1, -0.05) is 29.3 Å². The van der Waals surface area contributed by atoms with Crippen LogP contribution in [-0.2, 0) is 0 Å². The first kappa shape index (κ1) is 12.1. The second-order valence-corrected chi connectivity index (χ2v) is 5.39. The lowest BCUT2D eigenvalue weighted by molar-refractivity contribution is 0.166. The maximum atomic E-state index is 13.7.